The second-order valence-electron chi connectivity index (χ2n) is 8.31. The summed E-state index contributed by atoms with van der Waals surface area (Å²) >= 11 is 5.98. The van der Waals surface area contributed by atoms with Gasteiger partial charge < -0.3 is 13.7 Å². The lowest BCUT2D eigenvalue weighted by molar-refractivity contribution is 0.242. The fourth-order valence-electron chi connectivity index (χ4n) is 3.72. The molecule has 0 saturated heterocycles. The molecule has 8 heteroatoms. The van der Waals surface area contributed by atoms with Gasteiger partial charge in [-0.15, -0.1) is 0 Å². The summed E-state index contributed by atoms with van der Waals surface area (Å²) in [5.41, 5.74) is 3.46. The predicted molar refractivity (Wildman–Crippen MR) is 131 cm³/mol. The van der Waals surface area contributed by atoms with Crippen LogP contribution in [-0.2, 0) is 6.54 Å². The number of hydrogen-bond donors (Lipinski definition) is 0. The lowest BCUT2D eigenvalue weighted by atomic mass is 10.1. The number of fused-ring (bicyclic) bond motifs is 1. The molecule has 3 heterocycles. The normalized spacial score (nSPS) is 11.4. The Balaban J connectivity index is 1.42. The molecule has 34 heavy (non-hydrogen) atoms. The fourth-order valence-corrected chi connectivity index (χ4v) is 3.85. The molecule has 0 atom stereocenters. The second-order valence-corrected chi connectivity index (χ2v) is 8.75. The molecule has 0 aliphatic rings. The van der Waals surface area contributed by atoms with E-state index in [9.17, 15) is 4.79 Å². The van der Waals surface area contributed by atoms with Gasteiger partial charge in [0.15, 0.2) is 0 Å². The van der Waals surface area contributed by atoms with E-state index < -0.39 is 0 Å². The molecule has 3 aromatic heterocycles. The number of aryl methyl sites for hydroxylation is 1. The van der Waals surface area contributed by atoms with Crippen molar-refractivity contribution in [2.75, 3.05) is 0 Å². The van der Waals surface area contributed by atoms with Crippen molar-refractivity contribution in [1.29, 1.82) is 0 Å². The molecule has 0 saturated carbocycles. The van der Waals surface area contributed by atoms with E-state index >= 15 is 0 Å². The zero-order valence-corrected chi connectivity index (χ0v) is 19.8. The molecule has 172 valence electrons. The first-order valence-corrected chi connectivity index (χ1v) is 11.3. The van der Waals surface area contributed by atoms with Crippen LogP contribution in [0.1, 0.15) is 25.3 Å². The van der Waals surface area contributed by atoms with Crippen molar-refractivity contribution in [3.63, 3.8) is 0 Å². The van der Waals surface area contributed by atoms with Gasteiger partial charge in [-0.05, 0) is 63.2 Å². The topological polar surface area (TPSA) is 74.6 Å². The number of benzene rings is 2. The Hall–Kier alpha value is -3.84. The Morgan fingerprint density at radius 1 is 1.03 bits per heavy atom. The van der Waals surface area contributed by atoms with Crippen molar-refractivity contribution in [3.8, 4) is 28.5 Å². The summed E-state index contributed by atoms with van der Waals surface area (Å²) in [6.07, 6.45) is 3.58. The second kappa shape index (κ2) is 8.83. The van der Waals surface area contributed by atoms with Gasteiger partial charge in [0.2, 0.25) is 5.89 Å². The molecule has 7 nitrogen and oxygen atoms in total. The van der Waals surface area contributed by atoms with Crippen molar-refractivity contribution in [3.05, 3.63) is 93.8 Å². The maximum absolute atomic E-state index is 13.2. The summed E-state index contributed by atoms with van der Waals surface area (Å²) in [6, 6.07) is 16.8. The molecule has 0 radical (unpaired) electrons. The van der Waals surface area contributed by atoms with Gasteiger partial charge >= 0.3 is 0 Å². The molecule has 0 N–H and O–H groups in total. The van der Waals surface area contributed by atoms with Crippen molar-refractivity contribution in [1.82, 2.24) is 19.2 Å². The number of halogens is 1. The minimum atomic E-state index is -0.158. The molecule has 0 aliphatic carbocycles. The highest BCUT2D eigenvalue weighted by molar-refractivity contribution is 6.30. The Kier molecular flexibility index (Phi) is 5.71. The lowest BCUT2D eigenvalue weighted by Gasteiger charge is -2.09. The first-order chi connectivity index (χ1) is 16.4. The van der Waals surface area contributed by atoms with Crippen LogP contribution in [0.5, 0.6) is 5.75 Å². The van der Waals surface area contributed by atoms with Gasteiger partial charge in [-0.25, -0.2) is 9.50 Å². The smallest absolute Gasteiger partial charge is 0.276 e. The Morgan fingerprint density at radius 3 is 2.44 bits per heavy atom. The Morgan fingerprint density at radius 2 is 1.74 bits per heavy atom. The van der Waals surface area contributed by atoms with Crippen molar-refractivity contribution in [2.24, 2.45) is 0 Å². The minimum absolute atomic E-state index is 0.107. The number of nitrogens with zero attached hydrogens (tertiary/aromatic N) is 4. The molecule has 0 spiro atoms. The Labute approximate surface area is 201 Å². The standard InChI is InChI=1S/C26H23ClN4O3/c1-16(2)33-21-10-6-19(7-11-21)25-28-23(17(3)34-25)15-30-12-13-31-24(26(30)32)14-22(29-31)18-4-8-20(27)9-5-18/h4-14,16H,15H2,1-3H3. The van der Waals surface area contributed by atoms with Crippen molar-refractivity contribution in [2.45, 2.75) is 33.4 Å². The molecule has 0 unspecified atom stereocenters. The van der Waals surface area contributed by atoms with Gasteiger partial charge in [0, 0.05) is 28.5 Å². The van der Waals surface area contributed by atoms with Gasteiger partial charge in [-0.3, -0.25) is 4.79 Å². The van der Waals surface area contributed by atoms with Crippen LogP contribution < -0.4 is 10.3 Å². The third-order valence-corrected chi connectivity index (χ3v) is 5.68. The predicted octanol–water partition coefficient (Wildman–Crippen LogP) is 5.62. The number of oxazole rings is 1. The molecule has 2 aromatic carbocycles. The molecule has 5 rings (SSSR count). The number of aromatic nitrogens is 4. The maximum atomic E-state index is 13.2. The van der Waals surface area contributed by atoms with Gasteiger partial charge in [-0.2, -0.15) is 5.10 Å². The zero-order valence-electron chi connectivity index (χ0n) is 19.0. The molecular weight excluding hydrogens is 452 g/mol. The molecule has 0 fully saturated rings. The third kappa shape index (κ3) is 4.34. The molecule has 0 amide bonds. The van der Waals surface area contributed by atoms with Crippen molar-refractivity contribution < 1.29 is 9.15 Å². The first-order valence-electron chi connectivity index (χ1n) is 11.0. The van der Waals surface area contributed by atoms with Gasteiger partial charge in [-0.1, -0.05) is 23.7 Å². The molecule has 0 bridgehead atoms. The van der Waals surface area contributed by atoms with E-state index in [1.165, 1.54) is 0 Å². The largest absolute Gasteiger partial charge is 0.491 e. The highest BCUT2D eigenvalue weighted by Crippen LogP contribution is 2.25. The summed E-state index contributed by atoms with van der Waals surface area (Å²) in [4.78, 5) is 17.8. The van der Waals surface area contributed by atoms with E-state index in [2.05, 4.69) is 10.1 Å². The van der Waals surface area contributed by atoms with Gasteiger partial charge in [0.1, 0.15) is 22.7 Å². The van der Waals surface area contributed by atoms with Crippen LogP contribution in [0.4, 0.5) is 0 Å². The maximum Gasteiger partial charge on any atom is 0.276 e. The van der Waals surface area contributed by atoms with Gasteiger partial charge in [0.05, 0.1) is 18.3 Å². The summed E-state index contributed by atoms with van der Waals surface area (Å²) < 4.78 is 14.8. The number of rotatable bonds is 6. The number of hydrogen-bond acceptors (Lipinski definition) is 5. The van der Waals surface area contributed by atoms with Crippen LogP contribution in [0.3, 0.4) is 0 Å². The summed E-state index contributed by atoms with van der Waals surface area (Å²) in [6.45, 7) is 6.11. The van der Waals surface area contributed by atoms with Crippen molar-refractivity contribution >= 4 is 17.1 Å². The fraction of sp³-hybridized carbons (Fsp3) is 0.192. The average molecular weight is 475 g/mol. The minimum Gasteiger partial charge on any atom is -0.491 e. The first kappa shape index (κ1) is 22.0. The van der Waals surface area contributed by atoms with E-state index in [-0.39, 0.29) is 11.7 Å². The van der Waals surface area contributed by atoms with Gasteiger partial charge in [0.25, 0.3) is 5.56 Å². The third-order valence-electron chi connectivity index (χ3n) is 5.43. The van der Waals surface area contributed by atoms with Crippen LogP contribution in [-0.4, -0.2) is 25.3 Å². The lowest BCUT2D eigenvalue weighted by Crippen LogP contribution is -2.22. The van der Waals surface area contributed by atoms with E-state index in [0.29, 0.717) is 40.1 Å². The quantitative estimate of drug-likeness (QED) is 0.319. The van der Waals surface area contributed by atoms with E-state index in [1.807, 2.05) is 57.2 Å². The van der Waals surface area contributed by atoms with E-state index in [1.54, 1.807) is 39.7 Å². The van der Waals surface area contributed by atoms with Crippen LogP contribution in [0, 0.1) is 6.92 Å². The molecule has 5 aromatic rings. The van der Waals surface area contributed by atoms with Crippen LogP contribution in [0.25, 0.3) is 28.2 Å². The highest BCUT2D eigenvalue weighted by atomic mass is 35.5. The highest BCUT2D eigenvalue weighted by Gasteiger charge is 2.15. The monoisotopic (exact) mass is 474 g/mol. The zero-order chi connectivity index (χ0) is 23.8. The molecule has 0 aliphatic heterocycles. The molecular formula is C26H23ClN4O3. The summed E-state index contributed by atoms with van der Waals surface area (Å²) in [5.74, 6) is 1.97. The number of ether oxygens (including phenoxy) is 1. The summed E-state index contributed by atoms with van der Waals surface area (Å²) in [5, 5.41) is 5.17. The van der Waals surface area contributed by atoms with E-state index in [4.69, 9.17) is 20.8 Å². The van der Waals surface area contributed by atoms with Crippen LogP contribution >= 0.6 is 11.6 Å². The van der Waals surface area contributed by atoms with Crippen LogP contribution in [0.2, 0.25) is 5.02 Å². The van der Waals surface area contributed by atoms with Crippen LogP contribution in [0.15, 0.2) is 76.2 Å². The van der Waals surface area contributed by atoms with E-state index in [0.717, 1.165) is 16.9 Å². The summed E-state index contributed by atoms with van der Waals surface area (Å²) in [7, 11) is 0. The Bertz CT molecular complexity index is 1510. The average Bonchev–Trinajstić information content (AvgIpc) is 3.41. The SMILES string of the molecule is Cc1oc(-c2ccc(OC(C)C)cc2)nc1Cn1ccn2nc(-c3ccc(Cl)cc3)cc2c1=O.